The summed E-state index contributed by atoms with van der Waals surface area (Å²) in [6.45, 7) is 7.11. The van der Waals surface area contributed by atoms with E-state index in [9.17, 15) is 4.79 Å². The molecule has 3 rings (SSSR count). The molecule has 0 aromatic heterocycles. The molecule has 0 aromatic carbocycles. The molecule has 0 atom stereocenters. The van der Waals surface area contributed by atoms with Gasteiger partial charge in [0.05, 0.1) is 13.0 Å². The van der Waals surface area contributed by atoms with Gasteiger partial charge in [-0.1, -0.05) is 113 Å². The van der Waals surface area contributed by atoms with E-state index in [0.29, 0.717) is 6.61 Å². The first kappa shape index (κ1) is 38.6. The average molecular weight is 635 g/mol. The van der Waals surface area contributed by atoms with Crippen molar-refractivity contribution in [2.45, 2.75) is 200 Å². The van der Waals surface area contributed by atoms with Crippen LogP contribution in [0.3, 0.4) is 0 Å². The Kier molecular flexibility index (Phi) is 19.7. The first-order chi connectivity index (χ1) is 22.5. The molecule has 0 fully saturated rings. The fourth-order valence-corrected chi connectivity index (χ4v) is 7.50. The predicted molar refractivity (Wildman–Crippen MR) is 197 cm³/mol. The largest absolute Gasteiger partial charge is 0.431 e. The van der Waals surface area contributed by atoms with Crippen molar-refractivity contribution in [3.8, 4) is 0 Å². The van der Waals surface area contributed by atoms with Crippen molar-refractivity contribution < 1.29 is 14.3 Å². The quantitative estimate of drug-likeness (QED) is 0.168. The maximum Gasteiger partial charge on any atom is 0.314 e. The van der Waals surface area contributed by atoms with Crippen molar-refractivity contribution in [2.24, 2.45) is 0 Å². The molecule has 46 heavy (non-hydrogen) atoms. The molecule has 0 saturated heterocycles. The highest BCUT2D eigenvalue weighted by atomic mass is 16.5. The molecular weight excluding hydrogens is 564 g/mol. The molecule has 0 N–H and O–H groups in total. The number of carbonyl (C=O) groups is 1. The summed E-state index contributed by atoms with van der Waals surface area (Å²) in [6.07, 6.45) is 42.9. The molecule has 0 saturated carbocycles. The molecule has 3 heteroatoms. The van der Waals surface area contributed by atoms with Crippen molar-refractivity contribution >= 4 is 5.97 Å². The Bertz CT molecular complexity index is 985. The van der Waals surface area contributed by atoms with Crippen molar-refractivity contribution in [2.75, 3.05) is 6.61 Å². The van der Waals surface area contributed by atoms with Crippen LogP contribution in [0, 0.1) is 0 Å². The summed E-state index contributed by atoms with van der Waals surface area (Å²) in [4.78, 5) is 14.2. The molecule has 0 amide bonds. The third-order valence-corrected chi connectivity index (χ3v) is 10.4. The third-order valence-electron chi connectivity index (χ3n) is 10.4. The Labute approximate surface area is 284 Å². The first-order valence-electron chi connectivity index (χ1n) is 19.7. The van der Waals surface area contributed by atoms with Gasteiger partial charge < -0.3 is 9.47 Å². The van der Waals surface area contributed by atoms with E-state index in [-0.39, 0.29) is 12.4 Å². The number of carbonyl (C=O) groups excluding carboxylic acids is 1. The Morgan fingerprint density at radius 3 is 1.65 bits per heavy atom. The highest BCUT2D eigenvalue weighted by molar-refractivity contribution is 5.74. The standard InChI is InChI=1S/C43H70O3/c1-37(2)26-25-27-38(3)34-35-45-43(39-28-19-13-7-4-8-14-20-29-39,40-30-21-15-9-5-10-16-22-31-40)36-42(44)46-41-32-23-17-11-6-12-18-24-33-41/h26,28,30,32,34H,4-25,27,29,31,33,35-36H2,1-3H3/b38-34+,39-28?,40-30?,41-32?. The molecule has 0 bridgehead atoms. The normalized spacial score (nSPS) is 21.8. The topological polar surface area (TPSA) is 35.5 Å². The SMILES string of the molecule is CC(C)=CCC/C(C)=C/COC(CC(=O)OC1=CCCCCCCCC1)(C1=CCCCCCCCC1)C1=CCCCCCCCC1. The summed E-state index contributed by atoms with van der Waals surface area (Å²) in [5.74, 6) is 0.791. The van der Waals surface area contributed by atoms with Crippen molar-refractivity contribution in [1.29, 1.82) is 0 Å². The average Bonchev–Trinajstić information content (AvgIpc) is 3.04. The smallest absolute Gasteiger partial charge is 0.314 e. The van der Waals surface area contributed by atoms with Gasteiger partial charge in [0.2, 0.25) is 0 Å². The van der Waals surface area contributed by atoms with Crippen LogP contribution in [0.5, 0.6) is 0 Å². The molecule has 3 aliphatic carbocycles. The molecule has 3 nitrogen and oxygen atoms in total. The molecule has 0 aromatic rings. The van der Waals surface area contributed by atoms with Gasteiger partial charge in [0.1, 0.15) is 11.4 Å². The second-order valence-electron chi connectivity index (χ2n) is 14.8. The lowest BCUT2D eigenvalue weighted by atomic mass is 9.76. The summed E-state index contributed by atoms with van der Waals surface area (Å²) < 4.78 is 13.6. The van der Waals surface area contributed by atoms with Crippen LogP contribution in [0.1, 0.15) is 194 Å². The van der Waals surface area contributed by atoms with Crippen LogP contribution in [-0.4, -0.2) is 18.2 Å². The minimum atomic E-state index is -0.720. The second-order valence-corrected chi connectivity index (χ2v) is 14.8. The molecular formula is C43H70O3. The fourth-order valence-electron chi connectivity index (χ4n) is 7.50. The van der Waals surface area contributed by atoms with Crippen LogP contribution >= 0.6 is 0 Å². The minimum absolute atomic E-state index is 0.108. The molecule has 0 radical (unpaired) electrons. The van der Waals surface area contributed by atoms with Crippen LogP contribution in [-0.2, 0) is 14.3 Å². The lowest BCUT2D eigenvalue weighted by molar-refractivity contribution is -0.144. The second kappa shape index (κ2) is 23.5. The van der Waals surface area contributed by atoms with Gasteiger partial charge in [-0.3, -0.25) is 4.79 Å². The fraction of sp³-hybridized carbons (Fsp3) is 0.744. The zero-order chi connectivity index (χ0) is 32.7. The van der Waals surface area contributed by atoms with Gasteiger partial charge in [-0.25, -0.2) is 0 Å². The van der Waals surface area contributed by atoms with Crippen LogP contribution in [0.4, 0.5) is 0 Å². The maximum absolute atomic E-state index is 14.2. The van der Waals surface area contributed by atoms with Gasteiger partial charge in [-0.15, -0.1) is 0 Å². The van der Waals surface area contributed by atoms with Gasteiger partial charge in [-0.2, -0.15) is 0 Å². The molecule has 3 aliphatic rings. The summed E-state index contributed by atoms with van der Waals surface area (Å²) in [7, 11) is 0. The number of rotatable bonds is 11. The molecule has 0 spiro atoms. The summed E-state index contributed by atoms with van der Waals surface area (Å²) in [5.41, 5.74) is 4.72. The molecule has 0 unspecified atom stereocenters. The van der Waals surface area contributed by atoms with E-state index >= 15 is 0 Å². The number of esters is 1. The zero-order valence-electron chi connectivity index (χ0n) is 30.4. The zero-order valence-corrected chi connectivity index (χ0v) is 30.4. The first-order valence-corrected chi connectivity index (χ1v) is 19.7. The van der Waals surface area contributed by atoms with Crippen LogP contribution in [0.25, 0.3) is 0 Å². The summed E-state index contributed by atoms with van der Waals surface area (Å²) >= 11 is 0. The van der Waals surface area contributed by atoms with E-state index in [1.807, 2.05) is 0 Å². The van der Waals surface area contributed by atoms with E-state index < -0.39 is 5.60 Å². The van der Waals surface area contributed by atoms with Crippen molar-refractivity contribution in [1.82, 2.24) is 0 Å². The van der Waals surface area contributed by atoms with Gasteiger partial charge in [0, 0.05) is 6.42 Å². The van der Waals surface area contributed by atoms with E-state index in [2.05, 4.69) is 51.2 Å². The van der Waals surface area contributed by atoms with E-state index in [1.54, 1.807) is 0 Å². The van der Waals surface area contributed by atoms with Crippen LogP contribution in [0.15, 0.2) is 58.4 Å². The van der Waals surface area contributed by atoms with Gasteiger partial charge >= 0.3 is 5.97 Å². The lowest BCUT2D eigenvalue weighted by Gasteiger charge is -2.39. The predicted octanol–water partition coefficient (Wildman–Crippen LogP) is 13.5. The van der Waals surface area contributed by atoms with Gasteiger partial charge in [0.15, 0.2) is 0 Å². The Hall–Kier alpha value is -1.87. The van der Waals surface area contributed by atoms with Crippen molar-refractivity contribution in [3.05, 3.63) is 58.4 Å². The van der Waals surface area contributed by atoms with E-state index in [4.69, 9.17) is 9.47 Å². The Morgan fingerprint density at radius 2 is 1.11 bits per heavy atom. The maximum atomic E-state index is 14.2. The van der Waals surface area contributed by atoms with Crippen LogP contribution < -0.4 is 0 Å². The number of ether oxygens (including phenoxy) is 2. The monoisotopic (exact) mass is 635 g/mol. The summed E-state index contributed by atoms with van der Waals surface area (Å²) in [6, 6.07) is 0. The molecule has 0 aliphatic heterocycles. The van der Waals surface area contributed by atoms with Gasteiger partial charge in [0.25, 0.3) is 0 Å². The molecule has 0 heterocycles. The number of hydrogen-bond donors (Lipinski definition) is 0. The van der Waals surface area contributed by atoms with E-state index in [0.717, 1.165) is 63.5 Å². The molecule has 260 valence electrons. The Morgan fingerprint density at radius 1 is 0.630 bits per heavy atom. The Balaban J connectivity index is 1.99. The van der Waals surface area contributed by atoms with E-state index in [1.165, 1.54) is 131 Å². The van der Waals surface area contributed by atoms with Crippen LogP contribution in [0.2, 0.25) is 0 Å². The lowest BCUT2D eigenvalue weighted by Crippen LogP contribution is -2.41. The minimum Gasteiger partial charge on any atom is -0.431 e. The highest BCUT2D eigenvalue weighted by Crippen LogP contribution is 2.42. The number of hydrogen-bond acceptors (Lipinski definition) is 3. The summed E-state index contributed by atoms with van der Waals surface area (Å²) in [5, 5.41) is 0. The highest BCUT2D eigenvalue weighted by Gasteiger charge is 2.41. The number of allylic oxidation sites excluding steroid dienone is 7. The van der Waals surface area contributed by atoms with Crippen molar-refractivity contribution in [3.63, 3.8) is 0 Å². The third kappa shape index (κ3) is 15.4. The van der Waals surface area contributed by atoms with Gasteiger partial charge in [-0.05, 0) is 121 Å².